The Morgan fingerprint density at radius 2 is 1.64 bits per heavy atom. The van der Waals surface area contributed by atoms with E-state index in [0.29, 0.717) is 0 Å². The molecule has 2 fully saturated rings. The lowest BCUT2D eigenvalue weighted by atomic mass is 10.3. The van der Waals surface area contributed by atoms with Crippen molar-refractivity contribution in [1.29, 1.82) is 0 Å². The predicted molar refractivity (Wildman–Crippen MR) is 105 cm³/mol. The van der Waals surface area contributed by atoms with Crippen molar-refractivity contribution in [3.63, 3.8) is 0 Å². The van der Waals surface area contributed by atoms with E-state index in [2.05, 4.69) is 26.7 Å². The van der Waals surface area contributed by atoms with Crippen LogP contribution >= 0.6 is 24.8 Å². The summed E-state index contributed by atoms with van der Waals surface area (Å²) >= 11 is 0. The number of piperazine rings is 1. The highest BCUT2D eigenvalue weighted by Crippen LogP contribution is 2.25. The van der Waals surface area contributed by atoms with E-state index in [0.717, 1.165) is 75.3 Å². The third-order valence-corrected chi connectivity index (χ3v) is 4.52. The maximum Gasteiger partial charge on any atom is 0.228 e. The predicted octanol–water partition coefficient (Wildman–Crippen LogP) is 1.46. The van der Waals surface area contributed by atoms with Crippen LogP contribution in [-0.4, -0.2) is 79.4 Å². The number of halogens is 2. The largest absolute Gasteiger partial charge is 0.378 e. The number of likely N-dealkylation sites (N-methyl/N-ethyl adjacent to an activating group) is 1. The molecule has 0 unspecified atom stereocenters. The van der Waals surface area contributed by atoms with Crippen molar-refractivity contribution in [3.8, 4) is 0 Å². The molecule has 2 aromatic heterocycles. The first kappa shape index (κ1) is 19.9. The summed E-state index contributed by atoms with van der Waals surface area (Å²) in [6.07, 6.45) is 1.81. The van der Waals surface area contributed by atoms with Crippen LogP contribution in [0.1, 0.15) is 0 Å². The molecule has 4 rings (SSSR count). The monoisotopic (exact) mass is 386 g/mol. The molecule has 138 valence electrons. The summed E-state index contributed by atoms with van der Waals surface area (Å²) in [6.45, 7) is 7.19. The Balaban J connectivity index is 0.00000113. The standard InChI is InChI=1S/C16H22N6O.2ClH/c1-20-5-7-22(8-6-20)16-18-13-3-2-4-17-14(13)15(19-16)21-9-11-23-12-10-21;;/h2-4H,5-12H2,1H3;2*1H. The Labute approximate surface area is 160 Å². The van der Waals surface area contributed by atoms with Gasteiger partial charge >= 0.3 is 0 Å². The average Bonchev–Trinajstić information content (AvgIpc) is 2.62. The molecule has 2 aliphatic rings. The van der Waals surface area contributed by atoms with Gasteiger partial charge in [0, 0.05) is 45.5 Å². The highest BCUT2D eigenvalue weighted by Gasteiger charge is 2.22. The van der Waals surface area contributed by atoms with Gasteiger partial charge < -0.3 is 19.4 Å². The fourth-order valence-electron chi connectivity index (χ4n) is 3.08. The van der Waals surface area contributed by atoms with Gasteiger partial charge in [0.15, 0.2) is 5.82 Å². The van der Waals surface area contributed by atoms with Gasteiger partial charge in [-0.25, -0.2) is 4.98 Å². The zero-order valence-corrected chi connectivity index (χ0v) is 15.9. The van der Waals surface area contributed by atoms with Gasteiger partial charge in [-0.15, -0.1) is 24.8 Å². The van der Waals surface area contributed by atoms with Crippen molar-refractivity contribution in [2.75, 3.05) is 69.3 Å². The zero-order valence-electron chi connectivity index (χ0n) is 14.3. The van der Waals surface area contributed by atoms with Crippen LogP contribution in [0.25, 0.3) is 11.0 Å². The molecular formula is C16H24Cl2N6O. The van der Waals surface area contributed by atoms with Crippen molar-refractivity contribution in [2.45, 2.75) is 0 Å². The van der Waals surface area contributed by atoms with Crippen molar-refractivity contribution >= 4 is 47.6 Å². The minimum absolute atomic E-state index is 0. The van der Waals surface area contributed by atoms with Gasteiger partial charge in [-0.05, 0) is 19.2 Å². The van der Waals surface area contributed by atoms with Gasteiger partial charge in [-0.2, -0.15) is 4.98 Å². The van der Waals surface area contributed by atoms with E-state index in [1.807, 2.05) is 18.3 Å². The van der Waals surface area contributed by atoms with Crippen molar-refractivity contribution < 1.29 is 4.74 Å². The topological polar surface area (TPSA) is 57.6 Å². The molecule has 0 bridgehead atoms. The van der Waals surface area contributed by atoms with Gasteiger partial charge in [0.1, 0.15) is 5.52 Å². The van der Waals surface area contributed by atoms with Crippen LogP contribution in [0.15, 0.2) is 18.3 Å². The van der Waals surface area contributed by atoms with Crippen molar-refractivity contribution in [1.82, 2.24) is 19.9 Å². The minimum Gasteiger partial charge on any atom is -0.378 e. The second-order valence-electron chi connectivity index (χ2n) is 6.11. The molecule has 7 nitrogen and oxygen atoms in total. The van der Waals surface area contributed by atoms with Crippen LogP contribution in [0.3, 0.4) is 0 Å². The smallest absolute Gasteiger partial charge is 0.228 e. The molecule has 0 saturated carbocycles. The first-order valence-corrected chi connectivity index (χ1v) is 8.20. The SMILES string of the molecule is CN1CCN(c2nc(N3CCOCC3)c3ncccc3n2)CC1.Cl.Cl. The molecule has 0 amide bonds. The van der Waals surface area contributed by atoms with Crippen LogP contribution < -0.4 is 9.80 Å². The third-order valence-electron chi connectivity index (χ3n) is 4.52. The summed E-state index contributed by atoms with van der Waals surface area (Å²) < 4.78 is 5.47. The number of hydrogen-bond acceptors (Lipinski definition) is 7. The molecule has 4 heterocycles. The van der Waals surface area contributed by atoms with Gasteiger partial charge in [-0.3, -0.25) is 4.98 Å². The Bertz CT molecular complexity index is 689. The summed E-state index contributed by atoms with van der Waals surface area (Å²) in [5.74, 6) is 1.76. The van der Waals surface area contributed by atoms with Gasteiger partial charge in [0.25, 0.3) is 0 Å². The highest BCUT2D eigenvalue weighted by atomic mass is 35.5. The molecule has 0 N–H and O–H groups in total. The number of rotatable bonds is 2. The first-order chi connectivity index (χ1) is 11.3. The van der Waals surface area contributed by atoms with Gasteiger partial charge in [-0.1, -0.05) is 0 Å². The Kier molecular flexibility index (Phi) is 7.01. The van der Waals surface area contributed by atoms with E-state index < -0.39 is 0 Å². The van der Waals surface area contributed by atoms with Crippen LogP contribution in [0.2, 0.25) is 0 Å². The van der Waals surface area contributed by atoms with Crippen molar-refractivity contribution in [2.24, 2.45) is 0 Å². The Morgan fingerprint density at radius 3 is 2.36 bits per heavy atom. The summed E-state index contributed by atoms with van der Waals surface area (Å²) in [4.78, 5) is 21.0. The minimum atomic E-state index is 0. The summed E-state index contributed by atoms with van der Waals surface area (Å²) in [6, 6.07) is 3.96. The molecule has 2 aliphatic heterocycles. The summed E-state index contributed by atoms with van der Waals surface area (Å²) in [5, 5.41) is 0. The van der Waals surface area contributed by atoms with Crippen LogP contribution in [-0.2, 0) is 4.74 Å². The van der Waals surface area contributed by atoms with Crippen LogP contribution in [0.4, 0.5) is 11.8 Å². The molecule has 25 heavy (non-hydrogen) atoms. The molecule has 2 aromatic rings. The number of anilines is 2. The number of fused-ring (bicyclic) bond motifs is 1. The lowest BCUT2D eigenvalue weighted by molar-refractivity contribution is 0.122. The molecule has 0 aromatic carbocycles. The number of hydrogen-bond donors (Lipinski definition) is 0. The third kappa shape index (κ3) is 4.23. The fourth-order valence-corrected chi connectivity index (χ4v) is 3.08. The normalized spacial score (nSPS) is 18.6. The molecule has 0 aliphatic carbocycles. The number of nitrogens with zero attached hydrogens (tertiary/aromatic N) is 6. The van der Waals surface area contributed by atoms with E-state index in [1.54, 1.807) is 0 Å². The molecule has 9 heteroatoms. The average molecular weight is 387 g/mol. The molecule has 0 atom stereocenters. The summed E-state index contributed by atoms with van der Waals surface area (Å²) in [5.41, 5.74) is 1.80. The van der Waals surface area contributed by atoms with E-state index in [4.69, 9.17) is 14.7 Å². The Hall–Kier alpha value is -1.41. The van der Waals surface area contributed by atoms with Gasteiger partial charge in [0.05, 0.1) is 18.7 Å². The molecule has 2 saturated heterocycles. The van der Waals surface area contributed by atoms with E-state index in [-0.39, 0.29) is 24.8 Å². The Morgan fingerprint density at radius 1 is 0.920 bits per heavy atom. The van der Waals surface area contributed by atoms with E-state index >= 15 is 0 Å². The molecule has 0 radical (unpaired) electrons. The number of aromatic nitrogens is 3. The zero-order chi connectivity index (χ0) is 15.6. The lowest BCUT2D eigenvalue weighted by Gasteiger charge is -2.33. The van der Waals surface area contributed by atoms with Gasteiger partial charge in [0.2, 0.25) is 5.95 Å². The molecular weight excluding hydrogens is 363 g/mol. The highest BCUT2D eigenvalue weighted by molar-refractivity contribution is 5.86. The van der Waals surface area contributed by atoms with E-state index in [1.165, 1.54) is 0 Å². The van der Waals surface area contributed by atoms with E-state index in [9.17, 15) is 0 Å². The quantitative estimate of drug-likeness (QED) is 0.773. The first-order valence-electron chi connectivity index (χ1n) is 8.20. The lowest BCUT2D eigenvalue weighted by Crippen LogP contribution is -2.45. The fraction of sp³-hybridized carbons (Fsp3) is 0.562. The maximum absolute atomic E-state index is 5.47. The van der Waals surface area contributed by atoms with Crippen molar-refractivity contribution in [3.05, 3.63) is 18.3 Å². The number of ether oxygens (including phenoxy) is 1. The number of morpholine rings is 1. The van der Waals surface area contributed by atoms with Crippen LogP contribution in [0.5, 0.6) is 0 Å². The number of pyridine rings is 1. The second-order valence-corrected chi connectivity index (χ2v) is 6.11. The molecule has 0 spiro atoms. The van der Waals surface area contributed by atoms with Crippen LogP contribution in [0, 0.1) is 0 Å². The maximum atomic E-state index is 5.47. The summed E-state index contributed by atoms with van der Waals surface area (Å²) in [7, 11) is 2.15. The second kappa shape index (κ2) is 8.80.